The van der Waals surface area contributed by atoms with E-state index in [-0.39, 0.29) is 5.82 Å². The van der Waals surface area contributed by atoms with Crippen LogP contribution in [0.2, 0.25) is 0 Å². The molecule has 0 amide bonds. The molecular formula is C14H21FIN3. The number of nitrogens with two attached hydrogens (primary N) is 1. The number of hydrogen-bond donors (Lipinski definition) is 1. The van der Waals surface area contributed by atoms with E-state index < -0.39 is 0 Å². The van der Waals surface area contributed by atoms with Crippen LogP contribution in [0, 0.1) is 9.39 Å². The molecule has 1 aliphatic heterocycles. The van der Waals surface area contributed by atoms with Crippen molar-refractivity contribution in [3.63, 3.8) is 0 Å². The highest BCUT2D eigenvalue weighted by Gasteiger charge is 2.22. The molecule has 1 aromatic carbocycles. The van der Waals surface area contributed by atoms with Crippen LogP contribution in [-0.2, 0) is 0 Å². The molecule has 0 spiro atoms. The summed E-state index contributed by atoms with van der Waals surface area (Å²) in [5.41, 5.74) is 7.52. The van der Waals surface area contributed by atoms with E-state index in [1.807, 2.05) is 22.6 Å². The Kier molecular flexibility index (Phi) is 4.89. The lowest BCUT2D eigenvalue weighted by Crippen LogP contribution is -2.49. The van der Waals surface area contributed by atoms with E-state index in [0.29, 0.717) is 15.3 Å². The molecule has 5 heteroatoms. The van der Waals surface area contributed by atoms with Crippen LogP contribution in [0.5, 0.6) is 0 Å². The van der Waals surface area contributed by atoms with Gasteiger partial charge in [-0.3, -0.25) is 4.90 Å². The first kappa shape index (κ1) is 14.8. The van der Waals surface area contributed by atoms with Crippen molar-refractivity contribution >= 4 is 34.0 Å². The van der Waals surface area contributed by atoms with Crippen LogP contribution >= 0.6 is 22.6 Å². The zero-order valence-corrected chi connectivity index (χ0v) is 13.7. The molecule has 1 atom stereocenters. The third-order valence-corrected chi connectivity index (χ3v) is 4.77. The maximum absolute atomic E-state index is 13.7. The quantitative estimate of drug-likeness (QED) is 0.650. The molecule has 0 aliphatic carbocycles. The summed E-state index contributed by atoms with van der Waals surface area (Å²) in [5.74, 6) is -0.186. The first-order valence-electron chi connectivity index (χ1n) is 6.76. The summed E-state index contributed by atoms with van der Waals surface area (Å²) >= 11 is 1.97. The van der Waals surface area contributed by atoms with Gasteiger partial charge in [-0.15, -0.1) is 0 Å². The SMILES string of the molecule is CCC(C)N1CCN(c2cc(F)c(I)cc2N)CC1. The minimum atomic E-state index is -0.186. The molecule has 3 nitrogen and oxygen atoms in total. The molecule has 0 aromatic heterocycles. The lowest BCUT2D eigenvalue weighted by molar-refractivity contribution is 0.193. The molecule has 1 aliphatic rings. The summed E-state index contributed by atoms with van der Waals surface area (Å²) in [6, 6.07) is 3.90. The van der Waals surface area contributed by atoms with Gasteiger partial charge in [-0.2, -0.15) is 0 Å². The Balaban J connectivity index is 2.07. The highest BCUT2D eigenvalue weighted by molar-refractivity contribution is 14.1. The average molecular weight is 377 g/mol. The lowest BCUT2D eigenvalue weighted by Gasteiger charge is -2.39. The molecule has 0 saturated carbocycles. The van der Waals surface area contributed by atoms with Gasteiger partial charge in [-0.05, 0) is 42.0 Å². The number of piperazine rings is 1. The van der Waals surface area contributed by atoms with Gasteiger partial charge in [-0.1, -0.05) is 6.92 Å². The van der Waals surface area contributed by atoms with Crippen LogP contribution in [0.15, 0.2) is 12.1 Å². The number of anilines is 2. The third kappa shape index (κ3) is 3.31. The number of benzene rings is 1. The van der Waals surface area contributed by atoms with E-state index in [1.165, 1.54) is 6.42 Å². The standard InChI is InChI=1S/C14H21FIN3/c1-3-10(2)18-4-6-19(7-5-18)14-8-11(15)12(16)9-13(14)17/h8-10H,3-7,17H2,1-2H3. The fourth-order valence-corrected chi connectivity index (χ4v) is 2.98. The predicted molar refractivity (Wildman–Crippen MR) is 87.1 cm³/mol. The molecule has 1 saturated heterocycles. The second-order valence-corrected chi connectivity index (χ2v) is 6.27. The Hall–Kier alpha value is -0.560. The van der Waals surface area contributed by atoms with E-state index in [9.17, 15) is 4.39 Å². The van der Waals surface area contributed by atoms with Crippen LogP contribution < -0.4 is 10.6 Å². The number of hydrogen-bond acceptors (Lipinski definition) is 3. The van der Waals surface area contributed by atoms with Crippen LogP contribution in [-0.4, -0.2) is 37.1 Å². The van der Waals surface area contributed by atoms with Crippen molar-refractivity contribution < 1.29 is 4.39 Å². The number of rotatable bonds is 3. The van der Waals surface area contributed by atoms with Crippen molar-refractivity contribution in [2.45, 2.75) is 26.3 Å². The molecule has 1 fully saturated rings. The Morgan fingerprint density at radius 1 is 1.32 bits per heavy atom. The Morgan fingerprint density at radius 2 is 1.95 bits per heavy atom. The Labute approximate surface area is 128 Å². The van der Waals surface area contributed by atoms with Gasteiger partial charge < -0.3 is 10.6 Å². The first-order chi connectivity index (χ1) is 9.02. The summed E-state index contributed by atoms with van der Waals surface area (Å²) < 4.78 is 14.3. The number of nitrogens with zero attached hydrogens (tertiary/aromatic N) is 2. The van der Waals surface area contributed by atoms with Crippen molar-refractivity contribution in [3.05, 3.63) is 21.5 Å². The molecule has 2 rings (SSSR count). The number of nitrogen functional groups attached to an aromatic ring is 1. The minimum Gasteiger partial charge on any atom is -0.397 e. The lowest BCUT2D eigenvalue weighted by atomic mass is 10.1. The van der Waals surface area contributed by atoms with E-state index in [4.69, 9.17) is 5.73 Å². The normalized spacial score (nSPS) is 18.6. The second kappa shape index (κ2) is 6.26. The number of halogens is 2. The van der Waals surface area contributed by atoms with Gasteiger partial charge in [0.15, 0.2) is 0 Å². The third-order valence-electron chi connectivity index (χ3n) is 3.94. The van der Waals surface area contributed by atoms with Crippen molar-refractivity contribution in [2.24, 2.45) is 0 Å². The molecular weight excluding hydrogens is 356 g/mol. The van der Waals surface area contributed by atoms with E-state index in [0.717, 1.165) is 31.9 Å². The molecule has 0 radical (unpaired) electrons. The summed E-state index contributed by atoms with van der Waals surface area (Å²) in [5, 5.41) is 0. The van der Waals surface area contributed by atoms with Crippen LogP contribution in [0.4, 0.5) is 15.8 Å². The van der Waals surface area contributed by atoms with Crippen molar-refractivity contribution in [1.82, 2.24) is 4.90 Å². The van der Waals surface area contributed by atoms with Gasteiger partial charge in [-0.25, -0.2) is 4.39 Å². The fraction of sp³-hybridized carbons (Fsp3) is 0.571. The van der Waals surface area contributed by atoms with Crippen molar-refractivity contribution in [2.75, 3.05) is 36.8 Å². The Bertz CT molecular complexity index is 445. The van der Waals surface area contributed by atoms with Crippen LogP contribution in [0.1, 0.15) is 20.3 Å². The second-order valence-electron chi connectivity index (χ2n) is 5.11. The largest absolute Gasteiger partial charge is 0.397 e. The van der Waals surface area contributed by atoms with Gasteiger partial charge in [0.05, 0.1) is 14.9 Å². The first-order valence-corrected chi connectivity index (χ1v) is 7.84. The zero-order valence-electron chi connectivity index (χ0n) is 11.5. The van der Waals surface area contributed by atoms with Gasteiger partial charge in [0.1, 0.15) is 5.82 Å². The molecule has 1 heterocycles. The van der Waals surface area contributed by atoms with E-state index in [2.05, 4.69) is 23.6 Å². The molecule has 19 heavy (non-hydrogen) atoms. The summed E-state index contributed by atoms with van der Waals surface area (Å²) in [7, 11) is 0. The van der Waals surface area contributed by atoms with Crippen LogP contribution in [0.25, 0.3) is 0 Å². The maximum Gasteiger partial charge on any atom is 0.138 e. The minimum absolute atomic E-state index is 0.186. The van der Waals surface area contributed by atoms with Gasteiger partial charge in [0.25, 0.3) is 0 Å². The van der Waals surface area contributed by atoms with E-state index in [1.54, 1.807) is 12.1 Å². The molecule has 1 aromatic rings. The van der Waals surface area contributed by atoms with Crippen molar-refractivity contribution in [1.29, 1.82) is 0 Å². The summed E-state index contributed by atoms with van der Waals surface area (Å²) in [6.45, 7) is 8.32. The van der Waals surface area contributed by atoms with Gasteiger partial charge >= 0.3 is 0 Å². The molecule has 106 valence electrons. The predicted octanol–water partition coefficient (Wildman–Crippen LogP) is 2.93. The zero-order chi connectivity index (χ0) is 14.0. The molecule has 0 bridgehead atoms. The average Bonchev–Trinajstić information content (AvgIpc) is 2.42. The van der Waals surface area contributed by atoms with E-state index >= 15 is 0 Å². The highest BCUT2D eigenvalue weighted by atomic mass is 127. The fourth-order valence-electron chi connectivity index (χ4n) is 2.49. The molecule has 2 N–H and O–H groups in total. The van der Waals surface area contributed by atoms with Gasteiger partial charge in [0.2, 0.25) is 0 Å². The summed E-state index contributed by atoms with van der Waals surface area (Å²) in [4.78, 5) is 4.67. The topological polar surface area (TPSA) is 32.5 Å². The Morgan fingerprint density at radius 3 is 2.53 bits per heavy atom. The smallest absolute Gasteiger partial charge is 0.138 e. The monoisotopic (exact) mass is 377 g/mol. The molecule has 1 unspecified atom stereocenters. The van der Waals surface area contributed by atoms with Crippen LogP contribution in [0.3, 0.4) is 0 Å². The highest BCUT2D eigenvalue weighted by Crippen LogP contribution is 2.28. The maximum atomic E-state index is 13.7. The summed E-state index contributed by atoms with van der Waals surface area (Å²) in [6.07, 6.45) is 1.17. The van der Waals surface area contributed by atoms with Crippen molar-refractivity contribution in [3.8, 4) is 0 Å². The van der Waals surface area contributed by atoms with Gasteiger partial charge in [0, 0.05) is 38.3 Å².